The topological polar surface area (TPSA) is 90.3 Å². The predicted molar refractivity (Wildman–Crippen MR) is 114 cm³/mol. The van der Waals surface area contributed by atoms with Gasteiger partial charge in [0, 0.05) is 24.2 Å². The van der Waals surface area contributed by atoms with Crippen LogP contribution in [-0.2, 0) is 17.8 Å². The Hall–Kier alpha value is -3.48. The van der Waals surface area contributed by atoms with Crippen molar-refractivity contribution in [2.45, 2.75) is 39.2 Å². The third-order valence-corrected chi connectivity index (χ3v) is 5.21. The van der Waals surface area contributed by atoms with E-state index >= 15 is 0 Å². The van der Waals surface area contributed by atoms with E-state index in [9.17, 15) is 14.4 Å². The van der Waals surface area contributed by atoms with Crippen LogP contribution >= 0.6 is 0 Å². The molecule has 30 heavy (non-hydrogen) atoms. The second kappa shape index (κ2) is 8.49. The summed E-state index contributed by atoms with van der Waals surface area (Å²) in [4.78, 5) is 41.3. The Morgan fingerprint density at radius 2 is 2.00 bits per heavy atom. The molecule has 154 valence electrons. The molecule has 7 nitrogen and oxygen atoms in total. The summed E-state index contributed by atoms with van der Waals surface area (Å²) in [7, 11) is 0. The molecule has 0 bridgehead atoms. The van der Waals surface area contributed by atoms with Crippen LogP contribution in [0.2, 0.25) is 0 Å². The van der Waals surface area contributed by atoms with Gasteiger partial charge in [-0.3, -0.25) is 19.0 Å². The number of aryl methyl sites for hydroxylation is 1. The minimum absolute atomic E-state index is 0.0622. The fourth-order valence-corrected chi connectivity index (χ4v) is 3.65. The first-order valence-corrected chi connectivity index (χ1v) is 10.1. The summed E-state index contributed by atoms with van der Waals surface area (Å²) in [5, 5.41) is 3.20. The third-order valence-electron chi connectivity index (χ3n) is 5.21. The van der Waals surface area contributed by atoms with Crippen molar-refractivity contribution in [1.82, 2.24) is 9.55 Å². The Bertz CT molecular complexity index is 1180. The molecule has 1 aromatic heterocycles. The van der Waals surface area contributed by atoms with Gasteiger partial charge in [-0.15, -0.1) is 0 Å². The average molecular weight is 405 g/mol. The molecule has 0 atom stereocenters. The van der Waals surface area contributed by atoms with E-state index < -0.39 is 0 Å². The van der Waals surface area contributed by atoms with E-state index in [4.69, 9.17) is 4.74 Å². The zero-order valence-corrected chi connectivity index (χ0v) is 16.8. The second-order valence-electron chi connectivity index (χ2n) is 7.45. The zero-order chi connectivity index (χ0) is 21.1. The lowest BCUT2D eigenvalue weighted by atomic mass is 10.1. The number of amides is 1. The molecule has 0 radical (unpaired) electrons. The number of nitrogens with one attached hydrogen (secondary N) is 1. The lowest BCUT2D eigenvalue weighted by molar-refractivity contribution is -0.118. The SMILES string of the molecule is CC(=O)c1cccc(NC(=O)COc2ccc3nc4n(c(=O)c3c2)CCCCC4)c1. The van der Waals surface area contributed by atoms with E-state index in [1.807, 2.05) is 0 Å². The highest BCUT2D eigenvalue weighted by molar-refractivity contribution is 5.97. The van der Waals surface area contributed by atoms with Gasteiger partial charge in [0.05, 0.1) is 10.9 Å². The summed E-state index contributed by atoms with van der Waals surface area (Å²) < 4.78 is 7.35. The van der Waals surface area contributed by atoms with E-state index in [2.05, 4.69) is 10.3 Å². The summed E-state index contributed by atoms with van der Waals surface area (Å²) >= 11 is 0. The average Bonchev–Trinajstić information content (AvgIpc) is 2.98. The largest absolute Gasteiger partial charge is 0.484 e. The number of anilines is 1. The predicted octanol–water partition coefficient (Wildman–Crippen LogP) is 3.34. The molecule has 7 heteroatoms. The molecule has 0 fully saturated rings. The number of carbonyl (C=O) groups is 2. The molecule has 1 N–H and O–H groups in total. The van der Waals surface area contributed by atoms with E-state index in [0.717, 1.165) is 31.5 Å². The molecule has 2 aromatic carbocycles. The summed E-state index contributed by atoms with van der Waals surface area (Å²) in [6.45, 7) is 1.94. The number of carbonyl (C=O) groups excluding carboxylic acids is 2. The highest BCUT2D eigenvalue weighted by Gasteiger charge is 2.14. The van der Waals surface area contributed by atoms with Crippen LogP contribution in [0.5, 0.6) is 5.75 Å². The number of aromatic nitrogens is 2. The van der Waals surface area contributed by atoms with Gasteiger partial charge in [0.15, 0.2) is 12.4 Å². The first-order chi connectivity index (χ1) is 14.5. The van der Waals surface area contributed by atoms with E-state index in [1.54, 1.807) is 47.0 Å². The molecule has 4 rings (SSSR count). The Labute approximate surface area is 173 Å². The van der Waals surface area contributed by atoms with Crippen LogP contribution in [0.15, 0.2) is 47.3 Å². The second-order valence-corrected chi connectivity index (χ2v) is 7.45. The lowest BCUT2D eigenvalue weighted by Gasteiger charge is -2.12. The first-order valence-electron chi connectivity index (χ1n) is 10.1. The monoisotopic (exact) mass is 405 g/mol. The molecule has 2 heterocycles. The summed E-state index contributed by atoms with van der Waals surface area (Å²) in [6.07, 6.45) is 3.93. The van der Waals surface area contributed by atoms with Crippen LogP contribution in [0.25, 0.3) is 10.9 Å². The van der Waals surface area contributed by atoms with Gasteiger partial charge in [0.25, 0.3) is 11.5 Å². The van der Waals surface area contributed by atoms with E-state index in [-0.39, 0.29) is 23.9 Å². The number of benzene rings is 2. The van der Waals surface area contributed by atoms with Crippen molar-refractivity contribution in [3.05, 3.63) is 64.2 Å². The van der Waals surface area contributed by atoms with Crippen LogP contribution in [0.4, 0.5) is 5.69 Å². The lowest BCUT2D eigenvalue weighted by Crippen LogP contribution is -2.24. The highest BCUT2D eigenvalue weighted by Crippen LogP contribution is 2.20. The van der Waals surface area contributed by atoms with Crippen molar-refractivity contribution in [3.8, 4) is 5.75 Å². The van der Waals surface area contributed by atoms with E-state index in [1.165, 1.54) is 6.92 Å². The van der Waals surface area contributed by atoms with Gasteiger partial charge >= 0.3 is 0 Å². The van der Waals surface area contributed by atoms with Crippen LogP contribution in [0.1, 0.15) is 42.4 Å². The normalized spacial score (nSPS) is 13.4. The maximum Gasteiger partial charge on any atom is 0.262 e. The van der Waals surface area contributed by atoms with Crippen molar-refractivity contribution < 1.29 is 14.3 Å². The van der Waals surface area contributed by atoms with Gasteiger partial charge in [0.1, 0.15) is 11.6 Å². The highest BCUT2D eigenvalue weighted by atomic mass is 16.5. The smallest absolute Gasteiger partial charge is 0.262 e. The zero-order valence-electron chi connectivity index (χ0n) is 16.8. The summed E-state index contributed by atoms with van der Waals surface area (Å²) in [5.41, 5.74) is 1.63. The van der Waals surface area contributed by atoms with Gasteiger partial charge < -0.3 is 10.1 Å². The molecule has 1 aliphatic rings. The Morgan fingerprint density at radius 1 is 1.13 bits per heavy atom. The minimum Gasteiger partial charge on any atom is -0.484 e. The maximum absolute atomic E-state index is 12.9. The number of nitrogens with zero attached hydrogens (tertiary/aromatic N) is 2. The quantitative estimate of drug-likeness (QED) is 0.658. The Kier molecular flexibility index (Phi) is 5.61. The first kappa shape index (κ1) is 19.8. The number of ether oxygens (including phenoxy) is 1. The fourth-order valence-electron chi connectivity index (χ4n) is 3.65. The number of ketones is 1. The van der Waals surface area contributed by atoms with Crippen molar-refractivity contribution >= 4 is 28.3 Å². The van der Waals surface area contributed by atoms with Crippen molar-refractivity contribution in [3.63, 3.8) is 0 Å². The van der Waals surface area contributed by atoms with Gasteiger partial charge in [-0.1, -0.05) is 18.6 Å². The van der Waals surface area contributed by atoms with Gasteiger partial charge in [-0.05, 0) is 50.1 Å². The molecule has 1 aliphatic heterocycles. The Morgan fingerprint density at radius 3 is 2.83 bits per heavy atom. The van der Waals surface area contributed by atoms with Crippen LogP contribution in [0, 0.1) is 0 Å². The molecule has 0 aliphatic carbocycles. The number of hydrogen-bond acceptors (Lipinski definition) is 5. The van der Waals surface area contributed by atoms with Crippen LogP contribution in [-0.4, -0.2) is 27.8 Å². The van der Waals surface area contributed by atoms with Gasteiger partial charge in [0.2, 0.25) is 0 Å². The standard InChI is InChI=1S/C23H23N3O4/c1-15(27)16-6-5-7-17(12-16)24-22(28)14-30-18-9-10-20-19(13-18)23(29)26-11-4-2-3-8-21(26)25-20/h5-7,9-10,12-13H,2-4,8,11,14H2,1H3,(H,24,28). The third kappa shape index (κ3) is 4.25. The van der Waals surface area contributed by atoms with Crippen molar-refractivity contribution in [2.24, 2.45) is 0 Å². The molecule has 0 saturated carbocycles. The number of rotatable bonds is 5. The van der Waals surface area contributed by atoms with Crippen molar-refractivity contribution in [1.29, 1.82) is 0 Å². The molecule has 3 aromatic rings. The Balaban J connectivity index is 1.48. The summed E-state index contributed by atoms with van der Waals surface area (Å²) in [5.74, 6) is 0.845. The number of fused-ring (bicyclic) bond motifs is 2. The minimum atomic E-state index is -0.354. The fraction of sp³-hybridized carbons (Fsp3) is 0.304. The molecular formula is C23H23N3O4. The molecular weight excluding hydrogens is 382 g/mol. The van der Waals surface area contributed by atoms with E-state index in [0.29, 0.717) is 34.4 Å². The van der Waals surface area contributed by atoms with Crippen LogP contribution in [0.3, 0.4) is 0 Å². The van der Waals surface area contributed by atoms with Gasteiger partial charge in [-0.2, -0.15) is 0 Å². The molecule has 1 amide bonds. The number of hydrogen-bond donors (Lipinski definition) is 1. The molecule has 0 unspecified atom stereocenters. The summed E-state index contributed by atoms with van der Waals surface area (Å²) in [6, 6.07) is 11.8. The molecule has 0 spiro atoms. The van der Waals surface area contributed by atoms with Crippen molar-refractivity contribution in [2.75, 3.05) is 11.9 Å². The maximum atomic E-state index is 12.9. The number of Topliss-reactive ketones (excluding diaryl/α,β-unsaturated/α-hetero) is 1. The van der Waals surface area contributed by atoms with Crippen LogP contribution < -0.4 is 15.6 Å². The van der Waals surface area contributed by atoms with Gasteiger partial charge in [-0.25, -0.2) is 4.98 Å². The molecule has 0 saturated heterocycles.